The average molecular weight is 459 g/mol. The van der Waals surface area contributed by atoms with Crippen molar-refractivity contribution in [3.05, 3.63) is 133 Å². The molecule has 0 saturated heterocycles. The number of benzene rings is 4. The fraction of sp³-hybridized carbons (Fsp3) is 0.0370. The fourth-order valence-corrected chi connectivity index (χ4v) is 11.0. The molecule has 144 valence electrons. The quantitative estimate of drug-likeness (QED) is 0.287. The van der Waals surface area contributed by atoms with Crippen LogP contribution in [-0.4, -0.2) is 6.16 Å². The van der Waals surface area contributed by atoms with Crippen molar-refractivity contribution in [3.8, 4) is 0 Å². The molecule has 0 aromatic heterocycles. The van der Waals surface area contributed by atoms with Gasteiger partial charge in [0.2, 0.25) is 0 Å². The predicted octanol–water partition coefficient (Wildman–Crippen LogP) is 6.54. The number of rotatable bonds is 6. The van der Waals surface area contributed by atoms with Gasteiger partial charge in [-0.1, -0.05) is 0 Å². The Morgan fingerprint density at radius 1 is 0.517 bits per heavy atom. The van der Waals surface area contributed by atoms with Crippen molar-refractivity contribution in [3.63, 3.8) is 0 Å². The monoisotopic (exact) mass is 458 g/mol. The van der Waals surface area contributed by atoms with Crippen molar-refractivity contribution in [2.75, 3.05) is 6.16 Å². The molecule has 0 aliphatic rings. The molecule has 0 unspecified atom stereocenters. The van der Waals surface area contributed by atoms with E-state index in [9.17, 15) is 0 Å². The van der Waals surface area contributed by atoms with Crippen LogP contribution < -0.4 is 15.9 Å². The molecule has 0 nitrogen and oxygen atoms in total. The van der Waals surface area contributed by atoms with Crippen LogP contribution in [0.25, 0.3) is 6.08 Å². The van der Waals surface area contributed by atoms with Crippen LogP contribution >= 0.6 is 20.8 Å². The van der Waals surface area contributed by atoms with Crippen LogP contribution in [0.15, 0.2) is 127 Å². The molecule has 0 bridgehead atoms. The molecule has 29 heavy (non-hydrogen) atoms. The number of hydrogen-bond donors (Lipinski definition) is 0. The van der Waals surface area contributed by atoms with Crippen molar-refractivity contribution in [1.82, 2.24) is 0 Å². The number of allylic oxidation sites excluding steroid dienone is 1. The van der Waals surface area contributed by atoms with E-state index in [0.717, 1.165) is 6.16 Å². The molecule has 0 saturated carbocycles. The Kier molecular flexibility index (Phi) is 5.81. The van der Waals surface area contributed by atoms with Gasteiger partial charge < -0.3 is 0 Å². The van der Waals surface area contributed by atoms with Crippen LogP contribution in [0.1, 0.15) is 5.56 Å². The fourth-order valence-electron chi connectivity index (χ4n) is 3.93. The second-order valence-electron chi connectivity index (χ2n) is 7.19. The Bertz CT molecular complexity index is 975. The van der Waals surface area contributed by atoms with Gasteiger partial charge in [-0.25, -0.2) is 0 Å². The maximum atomic E-state index is 4.47. The van der Waals surface area contributed by atoms with Crippen molar-refractivity contribution in [2.45, 2.75) is 0 Å². The molecule has 0 N–H and O–H groups in total. The third-order valence-electron chi connectivity index (χ3n) is 5.44. The van der Waals surface area contributed by atoms with Crippen LogP contribution in [0.4, 0.5) is 0 Å². The topological polar surface area (TPSA) is 0 Å². The minimum absolute atomic E-state index is 0.901. The summed E-state index contributed by atoms with van der Waals surface area (Å²) in [6.07, 6.45) is 5.46. The summed E-state index contributed by atoms with van der Waals surface area (Å²) in [4.78, 5) is 0. The first-order valence-corrected chi connectivity index (χ1v) is 14.3. The van der Waals surface area contributed by atoms with E-state index in [1.165, 1.54) is 21.5 Å². The Balaban J connectivity index is 1.95. The van der Waals surface area contributed by atoms with E-state index in [4.69, 9.17) is 0 Å². The van der Waals surface area contributed by atoms with Crippen LogP contribution in [0, 0.1) is 0 Å². The van der Waals surface area contributed by atoms with Gasteiger partial charge in [-0.05, 0) is 0 Å². The molecule has 0 spiro atoms. The van der Waals surface area contributed by atoms with Crippen LogP contribution in [0.5, 0.6) is 0 Å². The SMILES string of the molecule is BrP(CC=Cc1ccccc1)(c1ccccc1)(c1ccccc1)c1ccccc1. The Morgan fingerprint density at radius 3 is 1.24 bits per heavy atom. The van der Waals surface area contributed by atoms with Crippen LogP contribution in [0.3, 0.4) is 0 Å². The molecule has 0 atom stereocenters. The predicted molar refractivity (Wildman–Crippen MR) is 134 cm³/mol. The van der Waals surface area contributed by atoms with Gasteiger partial charge >= 0.3 is 182 Å². The molecular formula is C27H24BrP. The normalized spacial score (nSPS) is 13.1. The van der Waals surface area contributed by atoms with E-state index < -0.39 is 5.31 Å². The summed E-state index contributed by atoms with van der Waals surface area (Å²) in [5, 5.41) is 1.16. The van der Waals surface area contributed by atoms with Crippen LogP contribution in [-0.2, 0) is 0 Å². The Morgan fingerprint density at radius 2 is 0.862 bits per heavy atom. The van der Waals surface area contributed by atoms with Crippen LogP contribution in [0.2, 0.25) is 0 Å². The summed E-state index contributed by atoms with van der Waals surface area (Å²) >= 11 is 4.47. The molecule has 0 heterocycles. The average Bonchev–Trinajstić information content (AvgIpc) is 2.81. The minimum atomic E-state index is -2.87. The molecule has 0 radical (unpaired) electrons. The van der Waals surface area contributed by atoms with Gasteiger partial charge in [0.15, 0.2) is 0 Å². The zero-order valence-electron chi connectivity index (χ0n) is 16.2. The van der Waals surface area contributed by atoms with E-state index in [1.807, 2.05) is 0 Å². The molecule has 4 rings (SSSR count). The summed E-state index contributed by atoms with van der Waals surface area (Å²) in [7, 11) is 0. The maximum absolute atomic E-state index is 4.47. The van der Waals surface area contributed by atoms with Crippen molar-refractivity contribution < 1.29 is 0 Å². The zero-order valence-corrected chi connectivity index (χ0v) is 18.7. The molecular weight excluding hydrogens is 435 g/mol. The van der Waals surface area contributed by atoms with Gasteiger partial charge in [0.05, 0.1) is 0 Å². The van der Waals surface area contributed by atoms with Crippen molar-refractivity contribution >= 4 is 42.8 Å². The van der Waals surface area contributed by atoms with Crippen molar-refractivity contribution in [2.24, 2.45) is 0 Å². The van der Waals surface area contributed by atoms with Gasteiger partial charge in [0.25, 0.3) is 0 Å². The number of halogens is 1. The third-order valence-corrected chi connectivity index (χ3v) is 15.0. The van der Waals surface area contributed by atoms with Gasteiger partial charge in [-0.15, -0.1) is 0 Å². The zero-order chi connectivity index (χ0) is 20.0. The van der Waals surface area contributed by atoms with Crippen molar-refractivity contribution in [1.29, 1.82) is 0 Å². The summed E-state index contributed by atoms with van der Waals surface area (Å²) in [5.41, 5.74) is 1.22. The number of hydrogen-bond acceptors (Lipinski definition) is 0. The molecule has 4 aromatic rings. The van der Waals surface area contributed by atoms with Gasteiger partial charge in [0, 0.05) is 0 Å². The standard InChI is InChI=1S/C27H24BrP/c28-29(25-17-7-2-8-18-25,26-19-9-3-10-20-26,27-21-11-4-12-22-27)23-13-16-24-14-5-1-6-15-24/h1-22H,23H2. The second-order valence-corrected chi connectivity index (χ2v) is 16.2. The Hall–Kier alpha value is -2.47. The summed E-state index contributed by atoms with van der Waals surface area (Å²) in [6, 6.07) is 43.2. The van der Waals surface area contributed by atoms with E-state index in [-0.39, 0.29) is 0 Å². The molecule has 2 heteroatoms. The summed E-state index contributed by atoms with van der Waals surface area (Å²) in [5.74, 6) is 0. The third kappa shape index (κ3) is 3.73. The second kappa shape index (κ2) is 8.49. The molecule has 0 amide bonds. The van der Waals surface area contributed by atoms with Gasteiger partial charge in [-0.3, -0.25) is 0 Å². The first-order valence-electron chi connectivity index (χ1n) is 9.83. The molecule has 0 aliphatic carbocycles. The molecule has 4 aromatic carbocycles. The van der Waals surface area contributed by atoms with Gasteiger partial charge in [-0.2, -0.15) is 0 Å². The first-order chi connectivity index (χ1) is 14.2. The molecule has 0 fully saturated rings. The van der Waals surface area contributed by atoms with E-state index in [1.54, 1.807) is 0 Å². The summed E-state index contributed by atoms with van der Waals surface area (Å²) in [6.45, 7) is 0. The van der Waals surface area contributed by atoms with E-state index in [2.05, 4.69) is 149 Å². The first kappa shape index (κ1) is 19.8. The summed E-state index contributed by atoms with van der Waals surface area (Å²) < 4.78 is 0. The Labute approximate surface area is 181 Å². The molecule has 0 aliphatic heterocycles. The van der Waals surface area contributed by atoms with E-state index >= 15 is 0 Å². The van der Waals surface area contributed by atoms with E-state index in [0.29, 0.717) is 0 Å². The van der Waals surface area contributed by atoms with Gasteiger partial charge in [0.1, 0.15) is 0 Å².